The van der Waals surface area contributed by atoms with Gasteiger partial charge in [0.1, 0.15) is 0 Å². The Kier molecular flexibility index (Phi) is 2.18. The molecule has 0 aliphatic heterocycles. The molecule has 4 nitrogen and oxygen atoms in total. The number of nitrogens with zero attached hydrogens (tertiary/aromatic N) is 3. The molecular formula is C10H12N4. The highest BCUT2D eigenvalue weighted by Gasteiger charge is 2.01. The number of hydrogen-bond acceptors (Lipinski definition) is 3. The first kappa shape index (κ1) is 8.74. The van der Waals surface area contributed by atoms with Crippen molar-refractivity contribution in [1.82, 2.24) is 14.8 Å². The molecule has 0 aliphatic carbocycles. The van der Waals surface area contributed by atoms with Crippen LogP contribution in [0.2, 0.25) is 0 Å². The van der Waals surface area contributed by atoms with Crippen LogP contribution >= 0.6 is 0 Å². The predicted octanol–water partition coefficient (Wildman–Crippen LogP) is 1.52. The van der Waals surface area contributed by atoms with Gasteiger partial charge in [0.2, 0.25) is 0 Å². The van der Waals surface area contributed by atoms with Crippen LogP contribution in [0, 0.1) is 0 Å². The maximum Gasteiger partial charge on any atom is 0.0754 e. The quantitative estimate of drug-likeness (QED) is 0.777. The lowest BCUT2D eigenvalue weighted by Gasteiger charge is -2.00. The van der Waals surface area contributed by atoms with Crippen molar-refractivity contribution in [3.05, 3.63) is 30.7 Å². The Morgan fingerprint density at radius 3 is 2.93 bits per heavy atom. The number of hydrogen-bond donors (Lipinski definition) is 1. The van der Waals surface area contributed by atoms with E-state index >= 15 is 0 Å². The molecule has 14 heavy (non-hydrogen) atoms. The highest BCUT2D eigenvalue weighted by atomic mass is 15.2. The molecule has 0 saturated carbocycles. The number of aryl methyl sites for hydroxylation is 1. The number of nitrogens with one attached hydrogen (secondary N) is 1. The molecule has 2 rings (SSSR count). The van der Waals surface area contributed by atoms with Gasteiger partial charge in [0, 0.05) is 37.7 Å². The molecule has 4 heteroatoms. The second kappa shape index (κ2) is 3.49. The number of pyridine rings is 1. The van der Waals surface area contributed by atoms with Gasteiger partial charge in [-0.1, -0.05) is 0 Å². The van der Waals surface area contributed by atoms with Crippen molar-refractivity contribution in [2.45, 2.75) is 0 Å². The van der Waals surface area contributed by atoms with Gasteiger partial charge in [0.15, 0.2) is 0 Å². The molecule has 0 amide bonds. The van der Waals surface area contributed by atoms with Crippen LogP contribution in [0.15, 0.2) is 30.7 Å². The van der Waals surface area contributed by atoms with Gasteiger partial charge < -0.3 is 5.32 Å². The van der Waals surface area contributed by atoms with E-state index in [0.717, 1.165) is 16.9 Å². The maximum atomic E-state index is 4.28. The Morgan fingerprint density at radius 2 is 2.29 bits per heavy atom. The van der Waals surface area contributed by atoms with E-state index in [-0.39, 0.29) is 0 Å². The molecule has 0 unspecified atom stereocenters. The van der Waals surface area contributed by atoms with Crippen molar-refractivity contribution in [2.75, 3.05) is 12.4 Å². The lowest BCUT2D eigenvalue weighted by molar-refractivity contribution is 0.768. The third-order valence-electron chi connectivity index (χ3n) is 2.05. The first-order chi connectivity index (χ1) is 6.79. The van der Waals surface area contributed by atoms with E-state index in [2.05, 4.69) is 15.4 Å². The van der Waals surface area contributed by atoms with Crippen molar-refractivity contribution in [2.24, 2.45) is 7.05 Å². The summed E-state index contributed by atoms with van der Waals surface area (Å²) in [4.78, 5) is 4.28. The molecule has 0 aromatic carbocycles. The van der Waals surface area contributed by atoms with Crippen molar-refractivity contribution >= 4 is 5.69 Å². The summed E-state index contributed by atoms with van der Waals surface area (Å²) in [5, 5.41) is 7.18. The molecule has 2 heterocycles. The second-order valence-corrected chi connectivity index (χ2v) is 3.08. The summed E-state index contributed by atoms with van der Waals surface area (Å²) < 4.78 is 1.77. The fourth-order valence-electron chi connectivity index (χ4n) is 1.30. The Morgan fingerprint density at radius 1 is 1.43 bits per heavy atom. The van der Waals surface area contributed by atoms with Gasteiger partial charge in [-0.3, -0.25) is 9.67 Å². The predicted molar refractivity (Wildman–Crippen MR) is 56.0 cm³/mol. The summed E-state index contributed by atoms with van der Waals surface area (Å²) in [6.45, 7) is 0. The summed E-state index contributed by atoms with van der Waals surface area (Å²) in [6.07, 6.45) is 5.54. The monoisotopic (exact) mass is 188 g/mol. The fourth-order valence-corrected chi connectivity index (χ4v) is 1.30. The van der Waals surface area contributed by atoms with Crippen molar-refractivity contribution in [3.8, 4) is 11.3 Å². The maximum absolute atomic E-state index is 4.28. The molecule has 0 radical (unpaired) electrons. The summed E-state index contributed by atoms with van der Waals surface area (Å²) >= 11 is 0. The highest BCUT2D eigenvalue weighted by Crippen LogP contribution is 2.18. The zero-order valence-electron chi connectivity index (χ0n) is 8.23. The van der Waals surface area contributed by atoms with E-state index in [1.54, 1.807) is 10.9 Å². The minimum Gasteiger partial charge on any atom is -0.388 e. The van der Waals surface area contributed by atoms with E-state index in [1.807, 2.05) is 38.6 Å². The van der Waals surface area contributed by atoms with Crippen LogP contribution in [0.1, 0.15) is 0 Å². The molecule has 0 spiro atoms. The van der Waals surface area contributed by atoms with Gasteiger partial charge in [-0.05, 0) is 12.1 Å². The van der Waals surface area contributed by atoms with E-state index < -0.39 is 0 Å². The molecule has 0 atom stereocenters. The van der Waals surface area contributed by atoms with Gasteiger partial charge in [-0.25, -0.2) is 0 Å². The van der Waals surface area contributed by atoms with Gasteiger partial charge in [-0.15, -0.1) is 0 Å². The standard InChI is InChI=1S/C10H12N4/c1-11-9-3-4-12-10(5-9)8-6-13-14(2)7-8/h3-7H,1-2H3,(H,11,12). The first-order valence-corrected chi connectivity index (χ1v) is 4.42. The van der Waals surface area contributed by atoms with E-state index in [0.29, 0.717) is 0 Å². The van der Waals surface area contributed by atoms with Gasteiger partial charge in [0.05, 0.1) is 11.9 Å². The highest BCUT2D eigenvalue weighted by molar-refractivity contribution is 5.62. The summed E-state index contributed by atoms with van der Waals surface area (Å²) in [7, 11) is 3.79. The van der Waals surface area contributed by atoms with Crippen LogP contribution in [-0.4, -0.2) is 21.8 Å². The molecule has 0 bridgehead atoms. The average molecular weight is 188 g/mol. The molecule has 0 saturated heterocycles. The number of aromatic nitrogens is 3. The molecular weight excluding hydrogens is 176 g/mol. The van der Waals surface area contributed by atoms with E-state index in [9.17, 15) is 0 Å². The molecule has 2 aromatic rings. The average Bonchev–Trinajstić information content (AvgIpc) is 2.65. The normalized spacial score (nSPS) is 10.1. The third-order valence-corrected chi connectivity index (χ3v) is 2.05. The molecule has 1 N–H and O–H groups in total. The van der Waals surface area contributed by atoms with Crippen LogP contribution in [0.3, 0.4) is 0 Å². The zero-order chi connectivity index (χ0) is 9.97. The van der Waals surface area contributed by atoms with Crippen LogP contribution < -0.4 is 5.32 Å². The van der Waals surface area contributed by atoms with Crippen LogP contribution in [0.4, 0.5) is 5.69 Å². The third kappa shape index (κ3) is 1.59. The van der Waals surface area contributed by atoms with Crippen LogP contribution in [-0.2, 0) is 7.05 Å². The fraction of sp³-hybridized carbons (Fsp3) is 0.200. The van der Waals surface area contributed by atoms with Crippen LogP contribution in [0.25, 0.3) is 11.3 Å². The molecule has 2 aromatic heterocycles. The number of rotatable bonds is 2. The first-order valence-electron chi connectivity index (χ1n) is 4.42. The molecule has 0 fully saturated rings. The second-order valence-electron chi connectivity index (χ2n) is 3.08. The minimum absolute atomic E-state index is 0.935. The van der Waals surface area contributed by atoms with Crippen molar-refractivity contribution in [3.63, 3.8) is 0 Å². The van der Waals surface area contributed by atoms with Crippen molar-refractivity contribution < 1.29 is 0 Å². The Bertz CT molecular complexity index is 433. The Hall–Kier alpha value is -1.84. The van der Waals surface area contributed by atoms with E-state index in [4.69, 9.17) is 0 Å². The topological polar surface area (TPSA) is 42.7 Å². The summed E-state index contributed by atoms with van der Waals surface area (Å²) in [6, 6.07) is 3.93. The van der Waals surface area contributed by atoms with Crippen molar-refractivity contribution in [1.29, 1.82) is 0 Å². The zero-order valence-corrected chi connectivity index (χ0v) is 8.23. The smallest absolute Gasteiger partial charge is 0.0754 e. The minimum atomic E-state index is 0.935. The van der Waals surface area contributed by atoms with Gasteiger partial charge in [-0.2, -0.15) is 5.10 Å². The summed E-state index contributed by atoms with van der Waals surface area (Å²) in [5.74, 6) is 0. The molecule has 0 aliphatic rings. The SMILES string of the molecule is CNc1ccnc(-c2cnn(C)c2)c1. The van der Waals surface area contributed by atoms with Gasteiger partial charge in [0.25, 0.3) is 0 Å². The molecule has 72 valence electrons. The lowest BCUT2D eigenvalue weighted by atomic mass is 10.2. The number of anilines is 1. The summed E-state index contributed by atoms with van der Waals surface area (Å²) in [5.41, 5.74) is 3.02. The van der Waals surface area contributed by atoms with Crippen LogP contribution in [0.5, 0.6) is 0 Å². The Labute approximate surface area is 82.6 Å². The largest absolute Gasteiger partial charge is 0.388 e. The lowest BCUT2D eigenvalue weighted by Crippen LogP contribution is -1.89. The van der Waals surface area contributed by atoms with Gasteiger partial charge >= 0.3 is 0 Å². The Balaban J connectivity index is 2.41. The van der Waals surface area contributed by atoms with E-state index in [1.165, 1.54) is 0 Å².